The highest BCUT2D eigenvalue weighted by molar-refractivity contribution is 5.93. The van der Waals surface area contributed by atoms with E-state index in [2.05, 4.69) is 20.6 Å². The van der Waals surface area contributed by atoms with E-state index in [9.17, 15) is 0 Å². The van der Waals surface area contributed by atoms with Crippen molar-refractivity contribution in [1.82, 2.24) is 10.3 Å². The van der Waals surface area contributed by atoms with Gasteiger partial charge >= 0.3 is 0 Å². The Kier molecular flexibility index (Phi) is 11.2. The van der Waals surface area contributed by atoms with Crippen molar-refractivity contribution in [3.8, 4) is 11.6 Å². The third-order valence-electron chi connectivity index (χ3n) is 4.11. The Labute approximate surface area is 185 Å². The predicted octanol–water partition coefficient (Wildman–Crippen LogP) is 3.49. The summed E-state index contributed by atoms with van der Waals surface area (Å²) in [6.45, 7) is 7.10. The topological polar surface area (TPSA) is 86.2 Å². The van der Waals surface area contributed by atoms with Gasteiger partial charge in [-0.15, -0.1) is 0 Å². The summed E-state index contributed by atoms with van der Waals surface area (Å²) < 4.78 is 21.3. The van der Waals surface area contributed by atoms with Crippen LogP contribution in [0.3, 0.4) is 0 Å². The molecule has 2 rings (SSSR count). The van der Waals surface area contributed by atoms with E-state index in [0.29, 0.717) is 38.2 Å². The Morgan fingerprint density at radius 3 is 2.48 bits per heavy atom. The van der Waals surface area contributed by atoms with Gasteiger partial charge < -0.3 is 29.6 Å². The van der Waals surface area contributed by atoms with E-state index < -0.39 is 0 Å². The van der Waals surface area contributed by atoms with Gasteiger partial charge in [0.25, 0.3) is 0 Å². The minimum absolute atomic E-state index is 0.141. The maximum absolute atomic E-state index is 5.70. The molecule has 0 saturated heterocycles. The van der Waals surface area contributed by atoms with E-state index >= 15 is 0 Å². The summed E-state index contributed by atoms with van der Waals surface area (Å²) in [4.78, 5) is 8.91. The van der Waals surface area contributed by atoms with E-state index in [1.807, 2.05) is 50.2 Å². The molecule has 0 aliphatic heterocycles. The van der Waals surface area contributed by atoms with Gasteiger partial charge in [-0.2, -0.15) is 0 Å². The number of ether oxygens (including phenoxy) is 4. The zero-order valence-electron chi connectivity index (χ0n) is 18.9. The summed E-state index contributed by atoms with van der Waals surface area (Å²) in [6.07, 6.45) is 2.76. The highest BCUT2D eigenvalue weighted by Gasteiger charge is 2.03. The third kappa shape index (κ3) is 10.1. The smallest absolute Gasteiger partial charge is 0.212 e. The fraction of sp³-hybridized carbons (Fsp3) is 0.478. The van der Waals surface area contributed by atoms with Crippen molar-refractivity contribution < 1.29 is 18.9 Å². The molecule has 0 amide bonds. The summed E-state index contributed by atoms with van der Waals surface area (Å²) in [6, 6.07) is 11.6. The van der Waals surface area contributed by atoms with Crippen LogP contribution in [0.15, 0.2) is 47.6 Å². The van der Waals surface area contributed by atoms with Crippen molar-refractivity contribution in [3.05, 3.63) is 48.2 Å². The number of aromatic nitrogens is 1. The van der Waals surface area contributed by atoms with Gasteiger partial charge in [-0.1, -0.05) is 6.07 Å². The molecular formula is C23H34N4O4. The molecular weight excluding hydrogens is 396 g/mol. The number of pyridine rings is 1. The molecule has 31 heavy (non-hydrogen) atoms. The molecule has 0 radical (unpaired) electrons. The number of nitrogens with zero attached hydrogens (tertiary/aromatic N) is 2. The van der Waals surface area contributed by atoms with Crippen LogP contribution in [0.25, 0.3) is 0 Å². The number of methoxy groups -OCH3 is 2. The first kappa shape index (κ1) is 24.4. The predicted molar refractivity (Wildman–Crippen MR) is 123 cm³/mol. The van der Waals surface area contributed by atoms with Gasteiger partial charge in [-0.3, -0.25) is 0 Å². The Bertz CT molecular complexity index is 764. The normalized spacial score (nSPS) is 11.5. The third-order valence-corrected chi connectivity index (χ3v) is 4.11. The summed E-state index contributed by atoms with van der Waals surface area (Å²) in [5.74, 6) is 2.11. The quantitative estimate of drug-likeness (QED) is 0.286. The van der Waals surface area contributed by atoms with Crippen LogP contribution >= 0.6 is 0 Å². The number of rotatable bonds is 13. The molecule has 1 aromatic heterocycles. The van der Waals surface area contributed by atoms with Crippen molar-refractivity contribution in [1.29, 1.82) is 0 Å². The van der Waals surface area contributed by atoms with Gasteiger partial charge in [0.1, 0.15) is 5.75 Å². The van der Waals surface area contributed by atoms with Crippen LogP contribution in [0, 0.1) is 0 Å². The first-order chi connectivity index (χ1) is 15.1. The van der Waals surface area contributed by atoms with Gasteiger partial charge in [0.2, 0.25) is 5.88 Å². The molecule has 1 heterocycles. The molecule has 2 N–H and O–H groups in total. The molecule has 0 aliphatic carbocycles. The number of aliphatic imine (C=N–C) groups is 1. The lowest BCUT2D eigenvalue weighted by molar-refractivity contribution is 0.0699. The van der Waals surface area contributed by atoms with Crippen LogP contribution in [0.2, 0.25) is 0 Å². The monoisotopic (exact) mass is 430 g/mol. The van der Waals surface area contributed by atoms with Crippen LogP contribution < -0.4 is 20.1 Å². The molecule has 2 aromatic rings. The lowest BCUT2D eigenvalue weighted by Crippen LogP contribution is -2.32. The summed E-state index contributed by atoms with van der Waals surface area (Å²) in [5, 5.41) is 6.69. The Balaban J connectivity index is 1.95. The fourth-order valence-electron chi connectivity index (χ4n) is 2.59. The number of benzene rings is 1. The standard InChI is InChI=1S/C23H34N4O4/c1-18(2)31-21-9-7-20(8-10-21)27-23(24-12-5-13-30-15-14-28-3)26-17-19-6-11-22(29-4)25-16-19/h6-11,16,18H,5,12-15,17H2,1-4H3,(H2,24,26,27). The summed E-state index contributed by atoms with van der Waals surface area (Å²) >= 11 is 0. The van der Waals surface area contributed by atoms with E-state index in [1.54, 1.807) is 20.4 Å². The Morgan fingerprint density at radius 1 is 1.03 bits per heavy atom. The molecule has 8 nitrogen and oxygen atoms in total. The highest BCUT2D eigenvalue weighted by atomic mass is 16.5. The second kappa shape index (κ2) is 14.2. The largest absolute Gasteiger partial charge is 0.491 e. The molecule has 170 valence electrons. The van der Waals surface area contributed by atoms with Crippen LogP contribution in [-0.2, 0) is 16.0 Å². The minimum atomic E-state index is 0.141. The maximum atomic E-state index is 5.70. The highest BCUT2D eigenvalue weighted by Crippen LogP contribution is 2.17. The Hall–Kier alpha value is -2.84. The van der Waals surface area contributed by atoms with E-state index in [1.165, 1.54) is 0 Å². The number of anilines is 1. The number of nitrogens with one attached hydrogen (secondary N) is 2. The first-order valence-electron chi connectivity index (χ1n) is 10.5. The first-order valence-corrected chi connectivity index (χ1v) is 10.5. The molecule has 0 saturated carbocycles. The van der Waals surface area contributed by atoms with Crippen LogP contribution in [0.1, 0.15) is 25.8 Å². The van der Waals surface area contributed by atoms with Crippen molar-refractivity contribution in [3.63, 3.8) is 0 Å². The zero-order valence-corrected chi connectivity index (χ0v) is 18.9. The van der Waals surface area contributed by atoms with Crippen molar-refractivity contribution in [2.45, 2.75) is 32.9 Å². The lowest BCUT2D eigenvalue weighted by atomic mass is 10.3. The lowest BCUT2D eigenvalue weighted by Gasteiger charge is -2.14. The molecule has 8 heteroatoms. The van der Waals surface area contributed by atoms with E-state index in [-0.39, 0.29) is 6.10 Å². The number of guanidine groups is 1. The number of hydrogen-bond donors (Lipinski definition) is 2. The summed E-state index contributed by atoms with van der Waals surface area (Å²) in [5.41, 5.74) is 1.91. The van der Waals surface area contributed by atoms with E-state index in [4.69, 9.17) is 18.9 Å². The van der Waals surface area contributed by atoms with Crippen LogP contribution in [0.4, 0.5) is 5.69 Å². The summed E-state index contributed by atoms with van der Waals surface area (Å²) in [7, 11) is 3.27. The number of hydrogen-bond acceptors (Lipinski definition) is 6. The second-order valence-corrected chi connectivity index (χ2v) is 7.08. The molecule has 0 fully saturated rings. The van der Waals surface area contributed by atoms with Gasteiger partial charge in [0, 0.05) is 38.2 Å². The molecule has 1 aromatic carbocycles. The Morgan fingerprint density at radius 2 is 1.84 bits per heavy atom. The second-order valence-electron chi connectivity index (χ2n) is 7.08. The van der Waals surface area contributed by atoms with Crippen LogP contribution in [0.5, 0.6) is 11.6 Å². The van der Waals surface area contributed by atoms with Crippen molar-refractivity contribution >= 4 is 11.6 Å². The minimum Gasteiger partial charge on any atom is -0.491 e. The fourth-order valence-corrected chi connectivity index (χ4v) is 2.59. The molecule has 0 unspecified atom stereocenters. The van der Waals surface area contributed by atoms with Crippen molar-refractivity contribution in [2.75, 3.05) is 45.9 Å². The van der Waals surface area contributed by atoms with Crippen LogP contribution in [-0.4, -0.2) is 57.6 Å². The average molecular weight is 431 g/mol. The molecule has 0 bridgehead atoms. The van der Waals surface area contributed by atoms with Crippen molar-refractivity contribution in [2.24, 2.45) is 4.99 Å². The van der Waals surface area contributed by atoms with Gasteiger partial charge in [0.05, 0.1) is 33.0 Å². The molecule has 0 atom stereocenters. The molecule has 0 aliphatic rings. The molecule has 0 spiro atoms. The average Bonchev–Trinajstić information content (AvgIpc) is 2.78. The maximum Gasteiger partial charge on any atom is 0.212 e. The van der Waals surface area contributed by atoms with Gasteiger partial charge in [0.15, 0.2) is 5.96 Å². The zero-order chi connectivity index (χ0) is 22.3. The van der Waals surface area contributed by atoms with Gasteiger partial charge in [-0.25, -0.2) is 9.98 Å². The van der Waals surface area contributed by atoms with Gasteiger partial charge in [-0.05, 0) is 50.1 Å². The van der Waals surface area contributed by atoms with E-state index in [0.717, 1.165) is 30.0 Å². The SMILES string of the molecule is COCCOCCCNC(=NCc1ccc(OC)nc1)Nc1ccc(OC(C)C)cc1.